The third-order valence-corrected chi connectivity index (χ3v) is 2.80. The van der Waals surface area contributed by atoms with Gasteiger partial charge in [-0.05, 0) is 25.1 Å². The molecule has 0 spiro atoms. The maximum absolute atomic E-state index is 5.73. The fourth-order valence-corrected chi connectivity index (χ4v) is 2.00. The Balaban J connectivity index is 2.24. The topological polar surface area (TPSA) is 67.6 Å². The van der Waals surface area contributed by atoms with Crippen LogP contribution in [0.3, 0.4) is 0 Å². The zero-order chi connectivity index (χ0) is 11.8. The lowest BCUT2D eigenvalue weighted by Crippen LogP contribution is -1.91. The molecule has 0 aliphatic carbocycles. The van der Waals surface area contributed by atoms with Gasteiger partial charge in [-0.25, -0.2) is 4.98 Å². The fraction of sp³-hybridized carbons (Fsp3) is 0.0769. The standard InChI is InChI=1S/C13H12N4/c1-8-10-5-11(9-3-2-4-15-7-9)17-12(10)6-13(14)16-8/h2-7,17H,1H3,(H2,14,16). The van der Waals surface area contributed by atoms with E-state index >= 15 is 0 Å². The van der Waals surface area contributed by atoms with Crippen LogP contribution in [-0.2, 0) is 0 Å². The highest BCUT2D eigenvalue weighted by Gasteiger charge is 2.06. The second-order valence-corrected chi connectivity index (χ2v) is 4.02. The SMILES string of the molecule is Cc1nc(N)cc2[nH]c(-c3cccnc3)cc12. The van der Waals surface area contributed by atoms with Crippen LogP contribution in [0.5, 0.6) is 0 Å². The number of aromatic amines is 1. The zero-order valence-electron chi connectivity index (χ0n) is 9.44. The number of rotatable bonds is 1. The minimum Gasteiger partial charge on any atom is -0.384 e. The number of nitrogens with two attached hydrogens (primary N) is 1. The molecule has 0 saturated heterocycles. The molecule has 3 aromatic rings. The summed E-state index contributed by atoms with van der Waals surface area (Å²) >= 11 is 0. The van der Waals surface area contributed by atoms with Gasteiger partial charge in [0, 0.05) is 40.8 Å². The first-order valence-corrected chi connectivity index (χ1v) is 5.40. The van der Waals surface area contributed by atoms with E-state index in [1.165, 1.54) is 0 Å². The molecule has 3 aromatic heterocycles. The summed E-state index contributed by atoms with van der Waals surface area (Å²) in [5.41, 5.74) is 9.76. The van der Waals surface area contributed by atoms with E-state index in [0.29, 0.717) is 5.82 Å². The van der Waals surface area contributed by atoms with Gasteiger partial charge in [0.2, 0.25) is 0 Å². The van der Waals surface area contributed by atoms with Crippen LogP contribution in [0.2, 0.25) is 0 Å². The highest BCUT2D eigenvalue weighted by atomic mass is 14.9. The van der Waals surface area contributed by atoms with Gasteiger partial charge in [0.05, 0.1) is 5.52 Å². The van der Waals surface area contributed by atoms with E-state index < -0.39 is 0 Å². The summed E-state index contributed by atoms with van der Waals surface area (Å²) in [5, 5.41) is 1.10. The van der Waals surface area contributed by atoms with Gasteiger partial charge in [-0.15, -0.1) is 0 Å². The molecule has 17 heavy (non-hydrogen) atoms. The van der Waals surface area contributed by atoms with E-state index in [-0.39, 0.29) is 0 Å². The van der Waals surface area contributed by atoms with Gasteiger partial charge < -0.3 is 10.7 Å². The minimum absolute atomic E-state index is 0.537. The van der Waals surface area contributed by atoms with Crippen molar-refractivity contribution in [3.63, 3.8) is 0 Å². The van der Waals surface area contributed by atoms with Gasteiger partial charge in [0.25, 0.3) is 0 Å². The van der Waals surface area contributed by atoms with Crippen LogP contribution < -0.4 is 5.73 Å². The number of aryl methyl sites for hydroxylation is 1. The van der Waals surface area contributed by atoms with Gasteiger partial charge in [-0.1, -0.05) is 0 Å². The van der Waals surface area contributed by atoms with E-state index in [9.17, 15) is 0 Å². The van der Waals surface area contributed by atoms with Crippen molar-refractivity contribution in [1.29, 1.82) is 0 Å². The number of fused-ring (bicyclic) bond motifs is 1. The lowest BCUT2D eigenvalue weighted by molar-refractivity contribution is 1.24. The number of hydrogen-bond donors (Lipinski definition) is 2. The first kappa shape index (κ1) is 9.84. The Morgan fingerprint density at radius 3 is 2.94 bits per heavy atom. The second-order valence-electron chi connectivity index (χ2n) is 4.02. The van der Waals surface area contributed by atoms with E-state index in [2.05, 4.69) is 21.0 Å². The largest absolute Gasteiger partial charge is 0.384 e. The van der Waals surface area contributed by atoms with Crippen LogP contribution in [0, 0.1) is 6.92 Å². The molecule has 0 fully saturated rings. The molecule has 0 saturated carbocycles. The summed E-state index contributed by atoms with van der Waals surface area (Å²) in [6, 6.07) is 7.86. The number of nitrogens with zero attached hydrogens (tertiary/aromatic N) is 2. The van der Waals surface area contributed by atoms with Crippen LogP contribution in [0.25, 0.3) is 22.2 Å². The summed E-state index contributed by atoms with van der Waals surface area (Å²) < 4.78 is 0. The first-order valence-electron chi connectivity index (χ1n) is 5.40. The predicted molar refractivity (Wildman–Crippen MR) is 68.5 cm³/mol. The van der Waals surface area contributed by atoms with Crippen molar-refractivity contribution in [2.45, 2.75) is 6.92 Å². The Kier molecular flexibility index (Phi) is 2.08. The highest BCUT2D eigenvalue weighted by Crippen LogP contribution is 2.25. The molecule has 4 nitrogen and oxygen atoms in total. The highest BCUT2D eigenvalue weighted by molar-refractivity contribution is 5.88. The summed E-state index contributed by atoms with van der Waals surface area (Å²) in [5.74, 6) is 0.537. The van der Waals surface area contributed by atoms with Crippen molar-refractivity contribution in [3.8, 4) is 11.3 Å². The van der Waals surface area contributed by atoms with Gasteiger partial charge in [-0.3, -0.25) is 4.98 Å². The molecule has 3 rings (SSSR count). The molecule has 0 unspecified atom stereocenters. The Labute approximate surface area is 98.5 Å². The molecule has 4 heteroatoms. The van der Waals surface area contributed by atoms with Crippen molar-refractivity contribution >= 4 is 16.7 Å². The minimum atomic E-state index is 0.537. The number of anilines is 1. The number of aromatic nitrogens is 3. The van der Waals surface area contributed by atoms with Gasteiger partial charge in [0.1, 0.15) is 5.82 Å². The fourth-order valence-electron chi connectivity index (χ4n) is 2.00. The van der Waals surface area contributed by atoms with Crippen molar-refractivity contribution < 1.29 is 0 Å². The molecule has 84 valence electrons. The van der Waals surface area contributed by atoms with Crippen LogP contribution in [0.15, 0.2) is 36.7 Å². The Morgan fingerprint density at radius 2 is 2.18 bits per heavy atom. The van der Waals surface area contributed by atoms with Gasteiger partial charge in [-0.2, -0.15) is 0 Å². The molecule has 0 aromatic carbocycles. The summed E-state index contributed by atoms with van der Waals surface area (Å²) in [4.78, 5) is 11.7. The average Bonchev–Trinajstić information content (AvgIpc) is 2.74. The molecule has 0 radical (unpaired) electrons. The molecule has 0 aliphatic heterocycles. The molecule has 3 heterocycles. The van der Waals surface area contributed by atoms with E-state index in [1.807, 2.05) is 31.3 Å². The van der Waals surface area contributed by atoms with E-state index in [1.54, 1.807) is 6.20 Å². The van der Waals surface area contributed by atoms with Crippen molar-refractivity contribution in [2.24, 2.45) is 0 Å². The zero-order valence-corrected chi connectivity index (χ0v) is 9.44. The number of H-pyrrole nitrogens is 1. The molecular formula is C13H12N4. The van der Waals surface area contributed by atoms with Crippen LogP contribution >= 0.6 is 0 Å². The summed E-state index contributed by atoms with van der Waals surface area (Å²) in [6.07, 6.45) is 3.59. The lowest BCUT2D eigenvalue weighted by Gasteiger charge is -1.96. The molecule has 0 bridgehead atoms. The molecule has 3 N–H and O–H groups in total. The number of hydrogen-bond acceptors (Lipinski definition) is 3. The smallest absolute Gasteiger partial charge is 0.125 e. The van der Waals surface area contributed by atoms with Gasteiger partial charge >= 0.3 is 0 Å². The summed E-state index contributed by atoms with van der Waals surface area (Å²) in [7, 11) is 0. The van der Waals surface area contributed by atoms with E-state index in [4.69, 9.17) is 5.73 Å². The number of nitrogen functional groups attached to an aromatic ring is 1. The molecule has 0 amide bonds. The normalized spacial score (nSPS) is 10.9. The van der Waals surface area contributed by atoms with Crippen molar-refractivity contribution in [1.82, 2.24) is 15.0 Å². The average molecular weight is 224 g/mol. The third kappa shape index (κ3) is 1.63. The van der Waals surface area contributed by atoms with Crippen molar-refractivity contribution in [3.05, 3.63) is 42.4 Å². The maximum atomic E-state index is 5.73. The second kappa shape index (κ2) is 3.59. The molecule has 0 aliphatic rings. The maximum Gasteiger partial charge on any atom is 0.125 e. The van der Waals surface area contributed by atoms with Crippen LogP contribution in [-0.4, -0.2) is 15.0 Å². The lowest BCUT2D eigenvalue weighted by atomic mass is 10.2. The van der Waals surface area contributed by atoms with Crippen molar-refractivity contribution in [2.75, 3.05) is 5.73 Å². The van der Waals surface area contributed by atoms with E-state index in [0.717, 1.165) is 27.9 Å². The van der Waals surface area contributed by atoms with Crippen LogP contribution in [0.1, 0.15) is 5.69 Å². The first-order chi connectivity index (χ1) is 8.24. The Hall–Kier alpha value is -2.36. The number of pyridine rings is 2. The Bertz CT molecular complexity index is 670. The summed E-state index contributed by atoms with van der Waals surface area (Å²) in [6.45, 7) is 1.96. The van der Waals surface area contributed by atoms with Gasteiger partial charge in [0.15, 0.2) is 0 Å². The van der Waals surface area contributed by atoms with Crippen LogP contribution in [0.4, 0.5) is 5.82 Å². The monoisotopic (exact) mass is 224 g/mol. The quantitative estimate of drug-likeness (QED) is 0.667. The molecule has 0 atom stereocenters. The predicted octanol–water partition coefficient (Wildman–Crippen LogP) is 2.52. The molecular weight excluding hydrogens is 212 g/mol. The number of nitrogens with one attached hydrogen (secondary N) is 1. The third-order valence-electron chi connectivity index (χ3n) is 2.80. The Morgan fingerprint density at radius 1 is 1.29 bits per heavy atom.